The molecule has 0 bridgehead atoms. The normalized spacial score (nSPS) is 12.1. The Morgan fingerprint density at radius 1 is 1.30 bits per heavy atom. The zero-order valence-corrected chi connectivity index (χ0v) is 13.4. The Labute approximate surface area is 120 Å². The van der Waals surface area contributed by atoms with Crippen LogP contribution in [0.25, 0.3) is 0 Å². The van der Waals surface area contributed by atoms with E-state index in [0.717, 1.165) is 6.42 Å². The van der Waals surface area contributed by atoms with Gasteiger partial charge in [0.05, 0.1) is 19.5 Å². The number of ketones is 1. The van der Waals surface area contributed by atoms with Crippen molar-refractivity contribution in [3.8, 4) is 0 Å². The van der Waals surface area contributed by atoms with Crippen molar-refractivity contribution in [2.75, 3.05) is 13.2 Å². The van der Waals surface area contributed by atoms with E-state index in [0.29, 0.717) is 12.3 Å². The number of carbonyl (C=O) groups excluding carboxylic acids is 1. The molecular formula is C14H23O5P. The second-order valence-electron chi connectivity index (χ2n) is 4.82. The van der Waals surface area contributed by atoms with Gasteiger partial charge >= 0.3 is 7.60 Å². The first-order valence-electron chi connectivity index (χ1n) is 6.95. The van der Waals surface area contributed by atoms with Crippen LogP contribution in [0.3, 0.4) is 0 Å². The molecule has 0 aromatic carbocycles. The van der Waals surface area contributed by atoms with Gasteiger partial charge in [0.15, 0.2) is 11.5 Å². The van der Waals surface area contributed by atoms with Crippen molar-refractivity contribution in [1.29, 1.82) is 0 Å². The van der Waals surface area contributed by atoms with E-state index in [1.807, 2.05) is 13.8 Å². The Kier molecular flexibility index (Phi) is 6.66. The van der Waals surface area contributed by atoms with Gasteiger partial charge in [0.1, 0.15) is 5.30 Å². The van der Waals surface area contributed by atoms with Gasteiger partial charge < -0.3 is 13.5 Å². The molecule has 0 amide bonds. The van der Waals surface area contributed by atoms with Crippen LogP contribution in [0.5, 0.6) is 0 Å². The van der Waals surface area contributed by atoms with Crippen molar-refractivity contribution in [2.45, 2.75) is 40.5 Å². The van der Waals surface area contributed by atoms with E-state index in [9.17, 15) is 9.36 Å². The van der Waals surface area contributed by atoms with Crippen molar-refractivity contribution in [1.82, 2.24) is 0 Å². The highest BCUT2D eigenvalue weighted by molar-refractivity contribution is 7.62. The number of furan rings is 1. The third kappa shape index (κ3) is 4.30. The van der Waals surface area contributed by atoms with Gasteiger partial charge in [-0.15, -0.1) is 0 Å². The Bertz CT molecular complexity index is 468. The maximum absolute atomic E-state index is 12.7. The summed E-state index contributed by atoms with van der Waals surface area (Å²) in [4.78, 5) is 12.2. The minimum absolute atomic E-state index is 0.0934. The van der Waals surface area contributed by atoms with Crippen LogP contribution in [0.2, 0.25) is 0 Å². The lowest BCUT2D eigenvalue weighted by molar-refractivity contribution is 0.0949. The Hall–Kier alpha value is -0.900. The first kappa shape index (κ1) is 17.2. The highest BCUT2D eigenvalue weighted by Gasteiger charge is 2.34. The van der Waals surface area contributed by atoms with Gasteiger partial charge in [-0.05, 0) is 32.3 Å². The summed E-state index contributed by atoms with van der Waals surface area (Å²) in [5.74, 6) is 0.345. The molecule has 0 saturated heterocycles. The van der Waals surface area contributed by atoms with Crippen LogP contribution in [0, 0.1) is 5.92 Å². The molecule has 0 unspecified atom stereocenters. The molecule has 6 heteroatoms. The van der Waals surface area contributed by atoms with Gasteiger partial charge in [-0.1, -0.05) is 13.8 Å². The second kappa shape index (κ2) is 7.77. The van der Waals surface area contributed by atoms with Gasteiger partial charge in [0.25, 0.3) is 0 Å². The fraction of sp³-hybridized carbons (Fsp3) is 0.643. The van der Waals surface area contributed by atoms with Crippen LogP contribution < -0.4 is 5.30 Å². The summed E-state index contributed by atoms with van der Waals surface area (Å²) in [6.45, 7) is 8.02. The average Bonchev–Trinajstić information content (AvgIpc) is 2.86. The highest BCUT2D eigenvalue weighted by Crippen LogP contribution is 2.48. The monoisotopic (exact) mass is 302 g/mol. The van der Waals surface area contributed by atoms with Crippen LogP contribution in [-0.2, 0) is 13.6 Å². The Morgan fingerprint density at radius 3 is 2.40 bits per heavy atom. The van der Waals surface area contributed by atoms with Crippen molar-refractivity contribution in [2.24, 2.45) is 5.92 Å². The molecule has 20 heavy (non-hydrogen) atoms. The number of Topliss-reactive ketones (excluding diaryl/α,β-unsaturated/α-hetero) is 1. The third-order valence-corrected chi connectivity index (χ3v) is 4.88. The molecule has 1 aromatic rings. The van der Waals surface area contributed by atoms with Crippen LogP contribution >= 0.6 is 7.60 Å². The summed E-state index contributed by atoms with van der Waals surface area (Å²) in [5.41, 5.74) is 0. The molecule has 0 radical (unpaired) electrons. The van der Waals surface area contributed by atoms with Gasteiger partial charge in [0, 0.05) is 6.42 Å². The van der Waals surface area contributed by atoms with Crippen LogP contribution in [0.15, 0.2) is 16.7 Å². The van der Waals surface area contributed by atoms with Crippen molar-refractivity contribution >= 4 is 18.7 Å². The van der Waals surface area contributed by atoms with E-state index >= 15 is 0 Å². The summed E-state index contributed by atoms with van der Waals surface area (Å²) in [6.07, 6.45) is 2.46. The molecule has 0 aliphatic heterocycles. The number of hydrogen-bond donors (Lipinski definition) is 0. The van der Waals surface area contributed by atoms with E-state index in [2.05, 4.69) is 0 Å². The predicted molar refractivity (Wildman–Crippen MR) is 77.6 cm³/mol. The maximum atomic E-state index is 12.7. The third-order valence-electron chi connectivity index (χ3n) is 2.74. The lowest BCUT2D eigenvalue weighted by atomic mass is 10.1. The molecule has 0 aliphatic rings. The molecule has 0 aliphatic carbocycles. The first-order chi connectivity index (χ1) is 9.44. The molecule has 0 atom stereocenters. The Balaban J connectivity index is 2.99. The minimum atomic E-state index is -3.48. The van der Waals surface area contributed by atoms with Crippen LogP contribution in [0.4, 0.5) is 0 Å². The zero-order chi connectivity index (χ0) is 15.2. The fourth-order valence-electron chi connectivity index (χ4n) is 1.78. The molecule has 0 saturated carbocycles. The maximum Gasteiger partial charge on any atom is 0.365 e. The van der Waals surface area contributed by atoms with Crippen molar-refractivity contribution in [3.63, 3.8) is 0 Å². The standard InChI is InChI=1S/C14H23O5P/c1-5-18-20(16,19-6-2)13-9-10-17-14(13)12(15)8-7-11(3)4/h9-11H,5-8H2,1-4H3. The SMILES string of the molecule is CCOP(=O)(OCC)c1ccoc1C(=O)CCC(C)C. The Morgan fingerprint density at radius 2 is 1.90 bits per heavy atom. The molecule has 0 spiro atoms. The summed E-state index contributed by atoms with van der Waals surface area (Å²) in [6, 6.07) is 1.49. The number of hydrogen-bond acceptors (Lipinski definition) is 5. The smallest absolute Gasteiger partial charge is 0.365 e. The van der Waals surface area contributed by atoms with E-state index in [1.54, 1.807) is 13.8 Å². The molecule has 114 valence electrons. The number of carbonyl (C=O) groups is 1. The molecule has 0 fully saturated rings. The lowest BCUT2D eigenvalue weighted by Gasteiger charge is -2.16. The zero-order valence-electron chi connectivity index (χ0n) is 12.5. The largest absolute Gasteiger partial charge is 0.460 e. The van der Waals surface area contributed by atoms with Gasteiger partial charge in [-0.25, -0.2) is 0 Å². The summed E-state index contributed by atoms with van der Waals surface area (Å²) in [7, 11) is -3.48. The van der Waals surface area contributed by atoms with Gasteiger partial charge in [-0.2, -0.15) is 0 Å². The molecule has 1 rings (SSSR count). The molecule has 1 aromatic heterocycles. The van der Waals surface area contributed by atoms with E-state index < -0.39 is 7.60 Å². The van der Waals surface area contributed by atoms with E-state index in [1.165, 1.54) is 12.3 Å². The molecular weight excluding hydrogens is 279 g/mol. The molecule has 5 nitrogen and oxygen atoms in total. The van der Waals surface area contributed by atoms with E-state index in [4.69, 9.17) is 13.5 Å². The van der Waals surface area contributed by atoms with Crippen LogP contribution in [-0.4, -0.2) is 19.0 Å². The fourth-order valence-corrected chi connectivity index (χ4v) is 3.48. The first-order valence-corrected chi connectivity index (χ1v) is 8.49. The minimum Gasteiger partial charge on any atom is -0.460 e. The molecule has 0 N–H and O–H groups in total. The highest BCUT2D eigenvalue weighted by atomic mass is 31.2. The van der Waals surface area contributed by atoms with Crippen LogP contribution in [0.1, 0.15) is 51.1 Å². The van der Waals surface area contributed by atoms with Crippen molar-refractivity contribution in [3.05, 3.63) is 18.1 Å². The van der Waals surface area contributed by atoms with E-state index in [-0.39, 0.29) is 30.1 Å². The van der Waals surface area contributed by atoms with Gasteiger partial charge in [0.2, 0.25) is 0 Å². The lowest BCUT2D eigenvalue weighted by Crippen LogP contribution is -2.17. The summed E-state index contributed by atoms with van der Waals surface area (Å²) >= 11 is 0. The number of rotatable bonds is 9. The quantitative estimate of drug-likeness (QED) is 0.513. The second-order valence-corrected chi connectivity index (χ2v) is 6.82. The summed E-state index contributed by atoms with van der Waals surface area (Å²) in [5, 5.41) is 0.231. The molecule has 1 heterocycles. The topological polar surface area (TPSA) is 65.7 Å². The predicted octanol–water partition coefficient (Wildman–Crippen LogP) is 3.79. The average molecular weight is 302 g/mol. The van der Waals surface area contributed by atoms with Gasteiger partial charge in [-0.3, -0.25) is 9.36 Å². The van der Waals surface area contributed by atoms with Crippen molar-refractivity contribution < 1.29 is 22.8 Å². The summed E-state index contributed by atoms with van der Waals surface area (Å²) < 4.78 is 28.4.